The number of carbonyl (C=O) groups is 2. The van der Waals surface area contributed by atoms with E-state index in [2.05, 4.69) is 5.32 Å². The molecule has 0 fully saturated rings. The predicted octanol–water partition coefficient (Wildman–Crippen LogP) is 0.0725. The Balaban J connectivity index is 2.82. The minimum Gasteiger partial charge on any atom is -0.495 e. The minimum atomic E-state index is -4.51. The van der Waals surface area contributed by atoms with Crippen molar-refractivity contribution in [2.24, 2.45) is 5.73 Å². The highest BCUT2D eigenvalue weighted by molar-refractivity contribution is 7.86. The monoisotopic (exact) mass is 332 g/mol. The summed E-state index contributed by atoms with van der Waals surface area (Å²) in [6.45, 7) is 0. The van der Waals surface area contributed by atoms with Crippen LogP contribution in [0.1, 0.15) is 12.8 Å². The Hall–Kier alpha value is -2.17. The van der Waals surface area contributed by atoms with E-state index in [-0.39, 0.29) is 24.3 Å². The quantitative estimate of drug-likeness (QED) is 0.511. The number of aliphatic carboxylic acids is 1. The highest BCUT2D eigenvalue weighted by Gasteiger charge is 2.18. The highest BCUT2D eigenvalue weighted by atomic mass is 32.2. The molecule has 0 aliphatic carbocycles. The van der Waals surface area contributed by atoms with Gasteiger partial charge in [-0.15, -0.1) is 0 Å². The van der Waals surface area contributed by atoms with Gasteiger partial charge in [0.1, 0.15) is 16.7 Å². The normalized spacial score (nSPS) is 12.5. The van der Waals surface area contributed by atoms with Crippen molar-refractivity contribution >= 4 is 27.7 Å². The standard InChI is InChI=1S/C12H16N2O7S/c1-21-9-4-2-7(6-10(9)22(18,19)20)14-11(15)5-3-8(13)12(16)17/h2,4,6,8H,3,5,13H2,1H3,(H,14,15)(H,16,17)(H,18,19,20). The Labute approximate surface area is 126 Å². The molecule has 0 aliphatic heterocycles. The number of benzene rings is 1. The first-order valence-corrected chi connectivity index (χ1v) is 7.53. The molecule has 9 nitrogen and oxygen atoms in total. The summed E-state index contributed by atoms with van der Waals surface area (Å²) in [6.07, 6.45) is -0.219. The zero-order valence-corrected chi connectivity index (χ0v) is 12.5. The molecule has 1 aromatic rings. The number of nitrogens with two attached hydrogens (primary N) is 1. The average Bonchev–Trinajstić information content (AvgIpc) is 2.43. The Morgan fingerprint density at radius 2 is 2.05 bits per heavy atom. The van der Waals surface area contributed by atoms with E-state index in [0.29, 0.717) is 0 Å². The van der Waals surface area contributed by atoms with Gasteiger partial charge in [-0.2, -0.15) is 8.42 Å². The third kappa shape index (κ3) is 4.98. The average molecular weight is 332 g/mol. The van der Waals surface area contributed by atoms with Gasteiger partial charge in [-0.1, -0.05) is 0 Å². The second-order valence-electron chi connectivity index (χ2n) is 4.37. The van der Waals surface area contributed by atoms with Gasteiger partial charge in [0, 0.05) is 12.1 Å². The molecular formula is C12H16N2O7S. The van der Waals surface area contributed by atoms with Crippen molar-refractivity contribution in [1.82, 2.24) is 0 Å². The van der Waals surface area contributed by atoms with E-state index >= 15 is 0 Å². The number of hydrogen-bond donors (Lipinski definition) is 4. The lowest BCUT2D eigenvalue weighted by Gasteiger charge is -2.10. The van der Waals surface area contributed by atoms with E-state index < -0.39 is 32.9 Å². The SMILES string of the molecule is COc1ccc(NC(=O)CCC(N)C(=O)O)cc1S(=O)(=O)O. The van der Waals surface area contributed by atoms with Gasteiger partial charge in [-0.3, -0.25) is 14.1 Å². The van der Waals surface area contributed by atoms with Crippen molar-refractivity contribution in [3.63, 3.8) is 0 Å². The maximum absolute atomic E-state index is 11.7. The van der Waals surface area contributed by atoms with Gasteiger partial charge in [0.2, 0.25) is 5.91 Å². The summed E-state index contributed by atoms with van der Waals surface area (Å²) >= 11 is 0. The first-order valence-electron chi connectivity index (χ1n) is 6.09. The summed E-state index contributed by atoms with van der Waals surface area (Å²) in [5.41, 5.74) is 5.38. The summed E-state index contributed by atoms with van der Waals surface area (Å²) in [7, 11) is -3.28. The van der Waals surface area contributed by atoms with Crippen LogP contribution >= 0.6 is 0 Å². The van der Waals surface area contributed by atoms with Gasteiger partial charge < -0.3 is 20.9 Å². The van der Waals surface area contributed by atoms with Crippen LogP contribution < -0.4 is 15.8 Å². The molecule has 122 valence electrons. The number of carboxylic acids is 1. The highest BCUT2D eigenvalue weighted by Crippen LogP contribution is 2.26. The predicted molar refractivity (Wildman–Crippen MR) is 76.3 cm³/mol. The maximum atomic E-state index is 11.7. The second-order valence-corrected chi connectivity index (χ2v) is 5.76. The molecule has 0 aromatic heterocycles. The van der Waals surface area contributed by atoms with Gasteiger partial charge in [0.25, 0.3) is 10.1 Å². The molecule has 0 saturated heterocycles. The molecule has 0 radical (unpaired) electrons. The first-order chi connectivity index (χ1) is 10.1. The Kier molecular flexibility index (Phi) is 5.85. The Morgan fingerprint density at radius 3 is 2.55 bits per heavy atom. The third-order valence-corrected chi connectivity index (χ3v) is 3.60. The lowest BCUT2D eigenvalue weighted by Crippen LogP contribution is -2.31. The smallest absolute Gasteiger partial charge is 0.320 e. The number of methoxy groups -OCH3 is 1. The van der Waals surface area contributed by atoms with Crippen LogP contribution in [0.5, 0.6) is 5.75 Å². The molecule has 5 N–H and O–H groups in total. The number of nitrogens with one attached hydrogen (secondary N) is 1. The number of rotatable bonds is 7. The van der Waals surface area contributed by atoms with Crippen LogP contribution in [0.15, 0.2) is 23.1 Å². The number of carbonyl (C=O) groups excluding carboxylic acids is 1. The minimum absolute atomic E-state index is 0.0670. The molecule has 0 bridgehead atoms. The van der Waals surface area contributed by atoms with Crippen molar-refractivity contribution < 1.29 is 32.4 Å². The van der Waals surface area contributed by atoms with Gasteiger partial charge in [-0.05, 0) is 24.6 Å². The summed E-state index contributed by atoms with van der Waals surface area (Å²) < 4.78 is 36.3. The summed E-state index contributed by atoms with van der Waals surface area (Å²) in [5, 5.41) is 11.0. The first kappa shape index (κ1) is 17.9. The van der Waals surface area contributed by atoms with Crippen LogP contribution in [0, 0.1) is 0 Å². The number of amides is 1. The van der Waals surface area contributed by atoms with E-state index in [1.54, 1.807) is 0 Å². The van der Waals surface area contributed by atoms with Gasteiger partial charge in [0.15, 0.2) is 0 Å². The molecule has 1 unspecified atom stereocenters. The van der Waals surface area contributed by atoms with Crippen LogP contribution in [0.3, 0.4) is 0 Å². The number of ether oxygens (including phenoxy) is 1. The molecular weight excluding hydrogens is 316 g/mol. The molecule has 22 heavy (non-hydrogen) atoms. The molecule has 1 rings (SSSR count). The number of anilines is 1. The molecule has 0 saturated carbocycles. The maximum Gasteiger partial charge on any atom is 0.320 e. The van der Waals surface area contributed by atoms with E-state index in [1.807, 2.05) is 0 Å². The van der Waals surface area contributed by atoms with E-state index in [9.17, 15) is 18.0 Å². The largest absolute Gasteiger partial charge is 0.495 e. The zero-order chi connectivity index (χ0) is 16.9. The topological polar surface area (TPSA) is 156 Å². The van der Waals surface area contributed by atoms with Crippen LogP contribution in [0.25, 0.3) is 0 Å². The summed E-state index contributed by atoms with van der Waals surface area (Å²) in [4.78, 5) is 21.7. The second kappa shape index (κ2) is 7.20. The lowest BCUT2D eigenvalue weighted by molar-refractivity contribution is -0.138. The van der Waals surface area contributed by atoms with Crippen LogP contribution in [0.2, 0.25) is 0 Å². The van der Waals surface area contributed by atoms with Crippen molar-refractivity contribution in [1.29, 1.82) is 0 Å². The number of hydrogen-bond acceptors (Lipinski definition) is 6. The fraction of sp³-hybridized carbons (Fsp3) is 0.333. The van der Waals surface area contributed by atoms with Crippen molar-refractivity contribution in [3.05, 3.63) is 18.2 Å². The molecule has 1 amide bonds. The van der Waals surface area contributed by atoms with Gasteiger partial charge in [-0.25, -0.2) is 0 Å². The molecule has 0 aliphatic rings. The van der Waals surface area contributed by atoms with Crippen LogP contribution in [-0.2, 0) is 19.7 Å². The van der Waals surface area contributed by atoms with Gasteiger partial charge >= 0.3 is 5.97 Å². The number of carboxylic acid groups (broad SMARTS) is 1. The van der Waals surface area contributed by atoms with E-state index in [0.717, 1.165) is 6.07 Å². The van der Waals surface area contributed by atoms with Crippen molar-refractivity contribution in [3.8, 4) is 5.75 Å². The zero-order valence-electron chi connectivity index (χ0n) is 11.6. The fourth-order valence-electron chi connectivity index (χ4n) is 1.59. The van der Waals surface area contributed by atoms with Gasteiger partial charge in [0.05, 0.1) is 7.11 Å². The van der Waals surface area contributed by atoms with E-state index in [1.165, 1.54) is 19.2 Å². The fourth-order valence-corrected chi connectivity index (χ4v) is 2.27. The molecule has 0 heterocycles. The van der Waals surface area contributed by atoms with Crippen LogP contribution in [0.4, 0.5) is 5.69 Å². The van der Waals surface area contributed by atoms with Crippen molar-refractivity contribution in [2.75, 3.05) is 12.4 Å². The molecule has 1 atom stereocenters. The third-order valence-electron chi connectivity index (χ3n) is 2.72. The Morgan fingerprint density at radius 1 is 1.41 bits per heavy atom. The lowest BCUT2D eigenvalue weighted by atomic mass is 10.1. The summed E-state index contributed by atoms with van der Waals surface area (Å²) in [5.74, 6) is -1.83. The van der Waals surface area contributed by atoms with Crippen molar-refractivity contribution in [2.45, 2.75) is 23.8 Å². The Bertz CT molecular complexity index is 672. The van der Waals surface area contributed by atoms with E-state index in [4.69, 9.17) is 20.1 Å². The molecule has 10 heteroatoms. The summed E-state index contributed by atoms with van der Waals surface area (Å²) in [6, 6.07) is 2.52. The molecule has 0 spiro atoms. The van der Waals surface area contributed by atoms with Crippen LogP contribution in [-0.4, -0.2) is 43.1 Å². The molecule has 1 aromatic carbocycles.